The maximum atomic E-state index is 11.3. The molecule has 687 valence electrons. The minimum atomic E-state index is -6.98. The number of alkyl halides is 36. The van der Waals surface area contributed by atoms with Crippen molar-refractivity contribution in [3.05, 3.63) is 75.7 Å². The number of nitrogens with zero attached hydrogens (tertiary/aromatic N) is 2. The van der Waals surface area contributed by atoms with Crippen LogP contribution in [0, 0.1) is 0 Å². The fourth-order valence-electron chi connectivity index (χ4n) is 13.1. The fraction of sp³-hybridized carbons (Fsp3) is 0.789. The zero-order valence-electron chi connectivity index (χ0n) is 66.7. The molecular formula is C71H91AlF36GaN2O4P2Rh-. The second kappa shape index (κ2) is 46.4. The Bertz CT molecular complexity index is 2850. The van der Waals surface area contributed by atoms with E-state index in [1.54, 1.807) is 141 Å². The van der Waals surface area contributed by atoms with Gasteiger partial charge in [-0.3, -0.25) is 4.99 Å². The van der Waals surface area contributed by atoms with Crippen LogP contribution in [0.15, 0.2) is 53.2 Å². The number of para-hydroxylation sites is 2. The molecule has 0 spiro atoms. The van der Waals surface area contributed by atoms with Crippen molar-refractivity contribution < 1.29 is 201 Å². The Labute approximate surface area is 701 Å². The van der Waals surface area contributed by atoms with E-state index >= 15 is 0 Å². The minimum Gasteiger partial charge on any atom is -1.00 e. The van der Waals surface area contributed by atoms with Crippen molar-refractivity contribution in [1.29, 1.82) is 0 Å². The normalized spacial score (nSPS) is 17.5. The van der Waals surface area contributed by atoms with Gasteiger partial charge in [-0.1, -0.05) is 209 Å². The van der Waals surface area contributed by atoms with Crippen molar-refractivity contribution in [2.45, 2.75) is 340 Å². The predicted molar refractivity (Wildman–Crippen MR) is 367 cm³/mol. The van der Waals surface area contributed by atoms with Crippen molar-refractivity contribution in [1.82, 2.24) is 0 Å². The van der Waals surface area contributed by atoms with Gasteiger partial charge in [-0.2, -0.15) is 164 Å². The van der Waals surface area contributed by atoms with Crippen molar-refractivity contribution >= 4 is 70.1 Å². The van der Waals surface area contributed by atoms with E-state index < -0.39 is 96.5 Å². The third-order valence-corrected chi connectivity index (χ3v) is 26.9. The Morgan fingerprint density at radius 3 is 0.669 bits per heavy atom. The summed E-state index contributed by atoms with van der Waals surface area (Å²) in [7, 11) is 0.689. The molecule has 4 aliphatic carbocycles. The second-order valence-electron chi connectivity index (χ2n) is 29.2. The number of hydrogen-bond donors (Lipinski definition) is 0. The summed E-state index contributed by atoms with van der Waals surface area (Å²) < 4.78 is 408. The number of halogens is 36. The van der Waals surface area contributed by atoms with E-state index in [0.717, 1.165) is 22.8 Å². The molecule has 2 aromatic carbocycles. The summed E-state index contributed by atoms with van der Waals surface area (Å²) in [4.78, 5) is 5.08. The van der Waals surface area contributed by atoms with Crippen LogP contribution in [0.4, 0.5) is 169 Å². The van der Waals surface area contributed by atoms with Gasteiger partial charge in [-0.05, 0) is 128 Å². The third-order valence-electron chi connectivity index (χ3n) is 19.3. The van der Waals surface area contributed by atoms with E-state index in [0.29, 0.717) is 39.5 Å². The number of hydrogen-bond acceptors (Lipinski definition) is 5. The molecule has 4 aliphatic rings. The SMILES string of the molecule is C1CCC(P(CCP(C2CCCCC2)C2CCCCC2)C2CCCCC2)CC1.CC(/C=C(/C)[N-]c1c(C(C)C)cccc1C(C)C)=Nc1c(C(C)C)cccc1C(C)C.[Al+3].[Ga].[H-].[H-].[O-]C(C(F)(F)F)(C(F)(F)F)C(F)(F)F.[O-]C(C(F)(F)F)(C(F)(F)F)C(F)(F)F.[O-]C(C(F)(F)F)(C(F)(F)F)C(F)(F)F.[O-]C(C(F)(F)F)(C(F)(F)F)C(F)(F)F.[Rh+3]. The van der Waals surface area contributed by atoms with E-state index in [-0.39, 0.29) is 59.5 Å². The molecule has 0 aromatic heterocycles. The fourth-order valence-corrected chi connectivity index (χ4v) is 21.8. The summed E-state index contributed by atoms with van der Waals surface area (Å²) in [5, 5.41) is 44.2. The average Bonchev–Trinajstić information content (AvgIpc) is 0.754. The first-order valence-corrected chi connectivity index (χ1v) is 39.1. The molecule has 6 rings (SSSR count). The van der Waals surface area contributed by atoms with Crippen LogP contribution >= 0.6 is 15.8 Å². The van der Waals surface area contributed by atoms with Gasteiger partial charge < -0.3 is 28.6 Å². The van der Waals surface area contributed by atoms with Crippen molar-refractivity contribution in [3.8, 4) is 0 Å². The van der Waals surface area contributed by atoms with Crippen LogP contribution < -0.4 is 20.4 Å². The molecule has 118 heavy (non-hydrogen) atoms. The summed E-state index contributed by atoms with van der Waals surface area (Å²) in [6.45, 7) is 22.1. The van der Waals surface area contributed by atoms with Crippen LogP contribution in [0.5, 0.6) is 0 Å². The third kappa shape index (κ3) is 31.3. The Hall–Kier alpha value is -2.38. The largest absolute Gasteiger partial charge is 3.00 e. The molecule has 0 saturated heterocycles. The molecule has 4 fully saturated rings. The first kappa shape index (κ1) is 120. The van der Waals surface area contributed by atoms with Gasteiger partial charge in [0.05, 0.1) is 5.69 Å². The summed E-state index contributed by atoms with van der Waals surface area (Å²) in [5.41, 5.74) is -13.6. The van der Waals surface area contributed by atoms with Crippen LogP contribution in [0.25, 0.3) is 5.32 Å². The van der Waals surface area contributed by atoms with E-state index in [1.807, 2.05) is 0 Å². The van der Waals surface area contributed by atoms with Gasteiger partial charge >= 0.3 is 111 Å². The number of aliphatic imine (C=N–C) groups is 1. The van der Waals surface area contributed by atoms with Crippen LogP contribution in [0.2, 0.25) is 0 Å². The van der Waals surface area contributed by atoms with Gasteiger partial charge in [0.1, 0.15) is 0 Å². The Kier molecular flexibility index (Phi) is 47.1. The molecule has 4 saturated carbocycles. The molecule has 0 atom stereocenters. The monoisotopic (exact) mass is 1980 g/mol. The zero-order valence-corrected chi connectivity index (χ0v) is 71.7. The zero-order chi connectivity index (χ0) is 90.3. The van der Waals surface area contributed by atoms with E-state index in [9.17, 15) is 178 Å². The standard InChI is InChI=1S/C29H41N2.C26H48P2.4C4F9O.Al.Ga.Rh.2H/c1-18(2)24-13-11-14-25(19(3)4)28(24)30-22(9)17-23(10)31-29-26(20(5)6)15-12-16-27(29)21(7)8;1-5-13-23(14-6-1)27(24-15-7-2-8-16-24)21-22-28(25-17-9-3-10-18-25)26-19-11-4-12-20-26;4*5-2(6,7)1(14,3(8,9)10)4(11,12)13;;;;;/h11-21H,1-10H3;23-26H,1-22H2;;;;;;;;;/q-1;;4*-1;+3;;+3;2*-1/b22-17-,31-23?;;;;;;;;;;. The molecule has 0 bridgehead atoms. The van der Waals surface area contributed by atoms with Crippen LogP contribution in [-0.4, -0.2) is 174 Å². The Balaban J connectivity index is -0.000000455. The molecular weight excluding hydrogens is 1890 g/mol. The molecule has 47 heteroatoms. The molecule has 0 N–H and O–H groups in total. The van der Waals surface area contributed by atoms with Gasteiger partial charge in [-0.25, -0.2) is 0 Å². The quantitative estimate of drug-likeness (QED) is 0.0763. The van der Waals surface area contributed by atoms with Crippen LogP contribution in [-0.2, 0) is 19.5 Å². The molecule has 0 heterocycles. The molecule has 0 aliphatic heterocycles. The molecule has 3 radical (unpaired) electrons. The summed E-state index contributed by atoms with van der Waals surface area (Å²) >= 11 is 0. The topological polar surface area (TPSA) is 119 Å². The number of allylic oxidation sites excluding steroid dienone is 2. The average molecular weight is 1980 g/mol. The van der Waals surface area contributed by atoms with Gasteiger partial charge in [0.25, 0.3) is 0 Å². The second-order valence-corrected chi connectivity index (χ2v) is 35.1. The van der Waals surface area contributed by atoms with Gasteiger partial charge in [0, 0.05) is 25.5 Å². The van der Waals surface area contributed by atoms with Crippen LogP contribution in [0.1, 0.15) is 246 Å². The Morgan fingerprint density at radius 1 is 0.347 bits per heavy atom. The maximum Gasteiger partial charge on any atom is 3.00 e. The van der Waals surface area contributed by atoms with Crippen molar-refractivity contribution in [2.75, 3.05) is 12.3 Å². The minimum absolute atomic E-state index is 0. The van der Waals surface area contributed by atoms with E-state index in [2.05, 4.69) is 112 Å². The molecule has 0 amide bonds. The summed E-state index contributed by atoms with van der Waals surface area (Å²) in [6, 6.07) is 13.1. The summed E-state index contributed by atoms with van der Waals surface area (Å²) in [5.74, 6) is 1.75. The summed E-state index contributed by atoms with van der Waals surface area (Å²) in [6.07, 6.45) is -46.6. The van der Waals surface area contributed by atoms with Crippen molar-refractivity contribution in [2.24, 2.45) is 4.99 Å². The van der Waals surface area contributed by atoms with Gasteiger partial charge in [0.15, 0.2) is 22.4 Å². The van der Waals surface area contributed by atoms with E-state index in [1.165, 1.54) is 44.9 Å². The predicted octanol–water partition coefficient (Wildman–Crippen LogP) is 25.7. The van der Waals surface area contributed by atoms with Gasteiger partial charge in [-0.15, -0.1) is 5.69 Å². The van der Waals surface area contributed by atoms with E-state index in [4.69, 9.17) is 10.3 Å². The van der Waals surface area contributed by atoms with Crippen LogP contribution in [0.3, 0.4) is 0 Å². The number of rotatable bonds is 15. The smallest absolute Gasteiger partial charge is 1.00 e. The Morgan fingerprint density at radius 2 is 0.517 bits per heavy atom. The number of benzene rings is 2. The molecule has 2 aromatic rings. The molecule has 6 nitrogen and oxygen atoms in total. The maximum absolute atomic E-state index is 11.3. The van der Waals surface area contributed by atoms with Gasteiger partial charge in [0.2, 0.25) is 0 Å². The van der Waals surface area contributed by atoms with Crippen molar-refractivity contribution in [3.63, 3.8) is 0 Å². The first-order chi connectivity index (χ1) is 51.4. The molecule has 0 unspecified atom stereocenters. The first-order valence-electron chi connectivity index (χ1n) is 35.8.